The van der Waals surface area contributed by atoms with Crippen molar-refractivity contribution in [1.29, 1.82) is 0 Å². The van der Waals surface area contributed by atoms with Gasteiger partial charge in [-0.2, -0.15) is 0 Å². The molecule has 0 atom stereocenters. The summed E-state index contributed by atoms with van der Waals surface area (Å²) in [6.07, 6.45) is 1.52. The average molecular weight is 611 g/mol. The van der Waals surface area contributed by atoms with Crippen LogP contribution in [0.25, 0.3) is 11.1 Å². The van der Waals surface area contributed by atoms with Crippen molar-refractivity contribution in [2.45, 2.75) is 31.9 Å². The maximum Gasteiger partial charge on any atom is 0.411 e. The number of phenolic OH excluding ortho intramolecular Hbond substituents is 1. The number of piperidine rings is 1. The number of carbonyl (C=O) groups excluding carboxylic acids is 2. The molecule has 0 aliphatic carbocycles. The summed E-state index contributed by atoms with van der Waals surface area (Å²) in [6.45, 7) is 3.67. The van der Waals surface area contributed by atoms with Gasteiger partial charge in [0.25, 0.3) is 5.91 Å². The lowest BCUT2D eigenvalue weighted by molar-refractivity contribution is 0.0587. The molecule has 0 aromatic heterocycles. The highest BCUT2D eigenvalue weighted by atomic mass is 19.1. The number of anilines is 1. The fourth-order valence-corrected chi connectivity index (χ4v) is 5.41. The van der Waals surface area contributed by atoms with Gasteiger partial charge in [-0.3, -0.25) is 10.1 Å². The summed E-state index contributed by atoms with van der Waals surface area (Å²) in [5, 5.41) is 18.4. The van der Waals surface area contributed by atoms with Crippen LogP contribution in [-0.2, 0) is 17.7 Å². The third-order valence-electron chi connectivity index (χ3n) is 7.90. The molecular formula is C36H39FN4O4. The number of rotatable bonds is 12. The minimum Gasteiger partial charge on any atom is -0.508 e. The van der Waals surface area contributed by atoms with Gasteiger partial charge in [-0.15, -0.1) is 0 Å². The Morgan fingerprint density at radius 1 is 0.867 bits per heavy atom. The van der Waals surface area contributed by atoms with Crippen molar-refractivity contribution in [2.24, 2.45) is 0 Å². The summed E-state index contributed by atoms with van der Waals surface area (Å²) < 4.78 is 20.4. The molecule has 2 amide bonds. The Morgan fingerprint density at radius 3 is 2.33 bits per heavy atom. The SMILES string of the molecule is O=C(Nc1ccccc1-c1ccccc1)OC1CCN(CCNC(=O)c2ccc(CNCCc3ccc(O)cc3)cc2F)CC1. The van der Waals surface area contributed by atoms with E-state index in [1.165, 1.54) is 12.1 Å². The third kappa shape index (κ3) is 9.38. The predicted octanol–water partition coefficient (Wildman–Crippen LogP) is 5.97. The van der Waals surface area contributed by atoms with E-state index in [0.29, 0.717) is 44.7 Å². The summed E-state index contributed by atoms with van der Waals surface area (Å²) in [5.41, 5.74) is 4.52. The predicted molar refractivity (Wildman–Crippen MR) is 174 cm³/mol. The molecule has 5 rings (SSSR count). The first-order chi connectivity index (χ1) is 21.9. The standard InChI is InChI=1S/C36H39FN4O4/c37-33-24-27(25-38-19-16-26-10-13-29(42)14-11-26)12-15-32(33)35(43)39-20-23-41-21-17-30(18-22-41)45-36(44)40-34-9-5-4-8-31(34)28-6-2-1-3-7-28/h1-15,24,30,38,42H,16-23,25H2,(H,39,43)(H,40,44). The van der Waals surface area contributed by atoms with E-state index in [1.54, 1.807) is 18.2 Å². The highest BCUT2D eigenvalue weighted by Crippen LogP contribution is 2.28. The van der Waals surface area contributed by atoms with Crippen LogP contribution in [0.15, 0.2) is 97.1 Å². The van der Waals surface area contributed by atoms with Crippen molar-refractivity contribution >= 4 is 17.7 Å². The molecule has 0 saturated carbocycles. The highest BCUT2D eigenvalue weighted by molar-refractivity contribution is 5.94. The Labute approximate surface area is 263 Å². The molecule has 0 spiro atoms. The van der Waals surface area contributed by atoms with E-state index in [4.69, 9.17) is 4.74 Å². The van der Waals surface area contributed by atoms with Gasteiger partial charge in [0.1, 0.15) is 17.7 Å². The van der Waals surface area contributed by atoms with Crippen molar-refractivity contribution < 1.29 is 23.8 Å². The molecule has 4 aromatic carbocycles. The van der Waals surface area contributed by atoms with Crippen LogP contribution in [0.3, 0.4) is 0 Å². The van der Waals surface area contributed by atoms with Crippen molar-refractivity contribution in [3.8, 4) is 16.9 Å². The molecule has 0 radical (unpaired) electrons. The summed E-state index contributed by atoms with van der Waals surface area (Å²) >= 11 is 0. The number of halogens is 1. The molecular weight excluding hydrogens is 571 g/mol. The first kappa shape index (κ1) is 31.7. The molecule has 1 heterocycles. The zero-order valence-electron chi connectivity index (χ0n) is 25.2. The average Bonchev–Trinajstić information content (AvgIpc) is 3.05. The fraction of sp³-hybridized carbons (Fsp3) is 0.278. The number of phenols is 1. The lowest BCUT2D eigenvalue weighted by Crippen LogP contribution is -2.42. The molecule has 1 aliphatic heterocycles. The van der Waals surface area contributed by atoms with Gasteiger partial charge in [0.15, 0.2) is 0 Å². The van der Waals surface area contributed by atoms with Crippen LogP contribution in [0.1, 0.15) is 34.3 Å². The van der Waals surface area contributed by atoms with Gasteiger partial charge in [-0.25, -0.2) is 9.18 Å². The number of hydrogen-bond acceptors (Lipinski definition) is 6. The summed E-state index contributed by atoms with van der Waals surface area (Å²) in [6, 6.07) is 29.2. The van der Waals surface area contributed by atoms with Crippen LogP contribution in [0.4, 0.5) is 14.9 Å². The molecule has 9 heteroatoms. The number of amides is 2. The van der Waals surface area contributed by atoms with Crippen LogP contribution in [-0.4, -0.2) is 60.8 Å². The smallest absolute Gasteiger partial charge is 0.411 e. The van der Waals surface area contributed by atoms with Gasteiger partial charge in [0, 0.05) is 38.3 Å². The van der Waals surface area contributed by atoms with Gasteiger partial charge >= 0.3 is 6.09 Å². The van der Waals surface area contributed by atoms with Crippen LogP contribution in [0, 0.1) is 5.82 Å². The Balaban J connectivity index is 0.987. The highest BCUT2D eigenvalue weighted by Gasteiger charge is 2.23. The second-order valence-corrected chi connectivity index (χ2v) is 11.1. The van der Waals surface area contributed by atoms with E-state index >= 15 is 0 Å². The van der Waals surface area contributed by atoms with Crippen LogP contribution in [0.5, 0.6) is 5.75 Å². The Bertz CT molecular complexity index is 1560. The quantitative estimate of drug-likeness (QED) is 0.147. The zero-order chi connectivity index (χ0) is 31.4. The lowest BCUT2D eigenvalue weighted by Gasteiger charge is -2.31. The van der Waals surface area contributed by atoms with Crippen molar-refractivity contribution in [3.05, 3.63) is 120 Å². The summed E-state index contributed by atoms with van der Waals surface area (Å²) in [4.78, 5) is 27.5. The summed E-state index contributed by atoms with van der Waals surface area (Å²) in [5.74, 6) is -0.750. The van der Waals surface area contributed by atoms with Crippen molar-refractivity contribution in [2.75, 3.05) is 38.0 Å². The molecule has 4 aromatic rings. The van der Waals surface area contributed by atoms with Crippen molar-refractivity contribution in [1.82, 2.24) is 15.5 Å². The molecule has 0 bridgehead atoms. The molecule has 8 nitrogen and oxygen atoms in total. The monoisotopic (exact) mass is 610 g/mol. The molecule has 45 heavy (non-hydrogen) atoms. The Morgan fingerprint density at radius 2 is 1.58 bits per heavy atom. The maximum absolute atomic E-state index is 14.7. The second kappa shape index (κ2) is 15.8. The van der Waals surface area contributed by atoms with E-state index < -0.39 is 17.8 Å². The van der Waals surface area contributed by atoms with E-state index in [-0.39, 0.29) is 17.4 Å². The molecule has 4 N–H and O–H groups in total. The third-order valence-corrected chi connectivity index (χ3v) is 7.90. The van der Waals surface area contributed by atoms with E-state index in [1.807, 2.05) is 66.7 Å². The number of nitrogens with one attached hydrogen (secondary N) is 3. The lowest BCUT2D eigenvalue weighted by atomic mass is 10.0. The Hall–Kier alpha value is -4.73. The van der Waals surface area contributed by atoms with Gasteiger partial charge < -0.3 is 25.4 Å². The van der Waals surface area contributed by atoms with E-state index in [0.717, 1.165) is 41.8 Å². The number of carbonyl (C=O) groups is 2. The number of hydrogen-bond donors (Lipinski definition) is 4. The number of ether oxygens (including phenoxy) is 1. The Kier molecular flexibility index (Phi) is 11.1. The number of aromatic hydroxyl groups is 1. The van der Waals surface area contributed by atoms with Gasteiger partial charge in [-0.1, -0.05) is 66.7 Å². The largest absolute Gasteiger partial charge is 0.508 e. The van der Waals surface area contributed by atoms with Gasteiger partial charge in [0.2, 0.25) is 0 Å². The van der Waals surface area contributed by atoms with Gasteiger partial charge in [0.05, 0.1) is 11.3 Å². The van der Waals surface area contributed by atoms with Crippen molar-refractivity contribution in [3.63, 3.8) is 0 Å². The molecule has 0 unspecified atom stereocenters. The first-order valence-corrected chi connectivity index (χ1v) is 15.3. The van der Waals surface area contributed by atoms with Crippen LogP contribution in [0.2, 0.25) is 0 Å². The first-order valence-electron chi connectivity index (χ1n) is 15.3. The molecule has 1 fully saturated rings. The molecule has 234 valence electrons. The zero-order valence-corrected chi connectivity index (χ0v) is 25.2. The second-order valence-electron chi connectivity index (χ2n) is 11.1. The van der Waals surface area contributed by atoms with Crippen LogP contribution < -0.4 is 16.0 Å². The minimum absolute atomic E-state index is 0.0230. The fourth-order valence-electron chi connectivity index (χ4n) is 5.41. The number of benzene rings is 4. The maximum atomic E-state index is 14.7. The van der Waals surface area contributed by atoms with E-state index in [2.05, 4.69) is 20.9 Å². The topological polar surface area (TPSA) is 103 Å². The minimum atomic E-state index is -0.548. The number of para-hydroxylation sites is 1. The van der Waals surface area contributed by atoms with Crippen LogP contribution >= 0.6 is 0 Å². The van der Waals surface area contributed by atoms with E-state index in [9.17, 15) is 19.1 Å². The molecule has 1 aliphatic rings. The number of likely N-dealkylation sites (tertiary alicyclic amines) is 1. The molecule has 1 saturated heterocycles. The normalized spacial score (nSPS) is 13.7. The summed E-state index contributed by atoms with van der Waals surface area (Å²) in [7, 11) is 0. The van der Waals surface area contributed by atoms with Gasteiger partial charge in [-0.05, 0) is 72.8 Å². The number of nitrogens with zero attached hydrogens (tertiary/aromatic N) is 1.